The minimum absolute atomic E-state index is 0.0382. The topological polar surface area (TPSA) is 145 Å². The van der Waals surface area contributed by atoms with E-state index in [4.69, 9.17) is 21.1 Å². The Balaban J connectivity index is 1.51. The zero-order valence-corrected chi connectivity index (χ0v) is 30.0. The molecule has 2 N–H and O–H groups in total. The Labute approximate surface area is 292 Å². The molecule has 0 aromatic heterocycles. The van der Waals surface area contributed by atoms with Crippen molar-refractivity contribution in [3.63, 3.8) is 0 Å². The van der Waals surface area contributed by atoms with Gasteiger partial charge in [-0.15, -0.1) is 0 Å². The third-order valence-electron chi connectivity index (χ3n) is 7.20. The van der Waals surface area contributed by atoms with Gasteiger partial charge in [-0.25, -0.2) is 16.8 Å². The van der Waals surface area contributed by atoms with Gasteiger partial charge in [-0.2, -0.15) is 0 Å². The SMILES string of the molecule is CCCCS(=O)(=O)Nc1cccc(NC(=O)C(Cl)(Oc2ccc(S(=O)(=O)c3ccc(OCc4ccccc4)cc3)cc2)C(=O)C(C)(C)C)c1. The number of sulfonamides is 1. The van der Waals surface area contributed by atoms with E-state index in [-0.39, 0.29) is 32.7 Å². The molecule has 0 heterocycles. The summed E-state index contributed by atoms with van der Waals surface area (Å²) in [6, 6.07) is 26.7. The van der Waals surface area contributed by atoms with Crippen LogP contribution in [-0.4, -0.2) is 39.3 Å². The molecule has 0 aliphatic heterocycles. The molecule has 4 aromatic rings. The Kier molecular flexibility index (Phi) is 11.8. The molecule has 0 aliphatic carbocycles. The Morgan fingerprint density at radius 3 is 1.90 bits per heavy atom. The molecule has 0 saturated carbocycles. The standard InChI is InChI=1S/C36H39ClN2O8S2/c1-5-6-23-48(42,43)39-28-14-10-13-27(24-28)38-34(41)36(37,33(40)35(2,3)4)47-30-17-21-32(22-18-30)49(44,45)31-19-15-29(16-20-31)46-25-26-11-8-7-9-12-26/h7-22,24,39H,5-6,23,25H2,1-4H3,(H,38,41). The van der Waals surface area contributed by atoms with E-state index < -0.39 is 42.0 Å². The second-order valence-corrected chi connectivity index (χ2v) is 16.6. The van der Waals surface area contributed by atoms with Gasteiger partial charge in [0, 0.05) is 11.1 Å². The molecule has 4 rings (SSSR count). The fourth-order valence-corrected chi connectivity index (χ4v) is 7.49. The smallest absolute Gasteiger partial charge is 0.320 e. The highest BCUT2D eigenvalue weighted by Crippen LogP contribution is 2.34. The van der Waals surface area contributed by atoms with Crippen LogP contribution in [0.3, 0.4) is 0 Å². The molecule has 0 spiro atoms. The van der Waals surface area contributed by atoms with Crippen molar-refractivity contribution in [3.05, 3.63) is 109 Å². The molecule has 0 bridgehead atoms. The number of Topliss-reactive ketones (excluding diaryl/α,β-unsaturated/α-hetero) is 1. The number of carbonyl (C=O) groups excluding carboxylic acids is 2. The van der Waals surface area contributed by atoms with Gasteiger partial charge >= 0.3 is 5.06 Å². The van der Waals surface area contributed by atoms with E-state index in [9.17, 15) is 26.4 Å². The molecule has 1 atom stereocenters. The number of unbranched alkanes of at least 4 members (excludes halogenated alkanes) is 1. The van der Waals surface area contributed by atoms with Gasteiger partial charge < -0.3 is 14.8 Å². The molecule has 4 aromatic carbocycles. The maximum absolute atomic E-state index is 13.6. The zero-order valence-electron chi connectivity index (χ0n) is 27.6. The van der Waals surface area contributed by atoms with Crippen molar-refractivity contribution in [2.45, 2.75) is 62.0 Å². The highest BCUT2D eigenvalue weighted by molar-refractivity contribution is 7.92. The fraction of sp³-hybridized carbons (Fsp3) is 0.278. The van der Waals surface area contributed by atoms with Gasteiger partial charge in [-0.3, -0.25) is 14.3 Å². The summed E-state index contributed by atoms with van der Waals surface area (Å²) in [5, 5.41) is -0.0173. The van der Waals surface area contributed by atoms with E-state index in [0.717, 1.165) is 5.56 Å². The number of alkyl halides is 1. The van der Waals surface area contributed by atoms with Crippen LogP contribution >= 0.6 is 11.6 Å². The van der Waals surface area contributed by atoms with Crippen LogP contribution in [0.15, 0.2) is 113 Å². The summed E-state index contributed by atoms with van der Waals surface area (Å²) >= 11 is 6.69. The van der Waals surface area contributed by atoms with E-state index >= 15 is 0 Å². The number of hydrogen-bond acceptors (Lipinski definition) is 8. The van der Waals surface area contributed by atoms with Gasteiger partial charge in [-0.05, 0) is 78.7 Å². The van der Waals surface area contributed by atoms with E-state index in [2.05, 4.69) is 10.0 Å². The molecular weight excluding hydrogens is 688 g/mol. The number of halogens is 1. The number of anilines is 2. The summed E-state index contributed by atoms with van der Waals surface area (Å²) in [7, 11) is -7.55. The average Bonchev–Trinajstić information content (AvgIpc) is 3.06. The first-order valence-corrected chi connectivity index (χ1v) is 19.0. The van der Waals surface area contributed by atoms with E-state index in [1.165, 1.54) is 60.7 Å². The first-order valence-electron chi connectivity index (χ1n) is 15.5. The molecular formula is C36H39ClN2O8S2. The molecule has 10 nitrogen and oxygen atoms in total. The Bertz CT molecular complexity index is 1980. The quantitative estimate of drug-likeness (QED) is 0.0966. The molecule has 260 valence electrons. The maximum Gasteiger partial charge on any atom is 0.320 e. The third-order valence-corrected chi connectivity index (χ3v) is 10.8. The number of benzene rings is 4. The highest BCUT2D eigenvalue weighted by atomic mass is 35.5. The van der Waals surface area contributed by atoms with Crippen LogP contribution in [0.5, 0.6) is 11.5 Å². The van der Waals surface area contributed by atoms with Crippen molar-refractivity contribution in [2.75, 3.05) is 15.8 Å². The van der Waals surface area contributed by atoms with E-state index in [0.29, 0.717) is 25.2 Å². The van der Waals surface area contributed by atoms with Crippen LogP contribution in [0.2, 0.25) is 0 Å². The normalized spacial score (nSPS) is 13.2. The van der Waals surface area contributed by atoms with Gasteiger partial charge in [0.15, 0.2) is 0 Å². The average molecular weight is 727 g/mol. The lowest BCUT2D eigenvalue weighted by molar-refractivity contribution is -0.144. The first-order chi connectivity index (χ1) is 23.0. The third kappa shape index (κ3) is 9.84. The molecule has 0 radical (unpaired) electrons. The predicted octanol–water partition coefficient (Wildman–Crippen LogP) is 7.21. The van der Waals surface area contributed by atoms with Crippen molar-refractivity contribution < 1.29 is 35.9 Å². The lowest BCUT2D eigenvalue weighted by Gasteiger charge is -2.31. The Morgan fingerprint density at radius 2 is 1.33 bits per heavy atom. The monoisotopic (exact) mass is 726 g/mol. The van der Waals surface area contributed by atoms with Crippen LogP contribution in [0.4, 0.5) is 11.4 Å². The lowest BCUT2D eigenvalue weighted by Crippen LogP contribution is -2.54. The minimum Gasteiger partial charge on any atom is -0.489 e. The summed E-state index contributed by atoms with van der Waals surface area (Å²) in [6.45, 7) is 6.93. The van der Waals surface area contributed by atoms with E-state index in [1.54, 1.807) is 32.9 Å². The van der Waals surface area contributed by atoms with Crippen molar-refractivity contribution in [1.29, 1.82) is 0 Å². The highest BCUT2D eigenvalue weighted by Gasteiger charge is 2.51. The van der Waals surface area contributed by atoms with Gasteiger partial charge in [0.05, 0.1) is 21.2 Å². The second kappa shape index (κ2) is 15.4. The van der Waals surface area contributed by atoms with E-state index in [1.807, 2.05) is 37.3 Å². The van der Waals surface area contributed by atoms with Crippen LogP contribution < -0.4 is 19.5 Å². The first kappa shape index (κ1) is 37.4. The van der Waals surface area contributed by atoms with Crippen LogP contribution in [0, 0.1) is 5.41 Å². The van der Waals surface area contributed by atoms with Crippen LogP contribution in [-0.2, 0) is 36.1 Å². The van der Waals surface area contributed by atoms with Gasteiger partial charge in [-0.1, -0.05) is 82.1 Å². The number of amides is 1. The summed E-state index contributed by atoms with van der Waals surface area (Å²) < 4.78 is 65.5. The Hall–Kier alpha value is -4.39. The van der Waals surface area contributed by atoms with Crippen LogP contribution in [0.1, 0.15) is 46.1 Å². The summed E-state index contributed by atoms with van der Waals surface area (Å²) in [5.41, 5.74) is 0.217. The predicted molar refractivity (Wildman–Crippen MR) is 190 cm³/mol. The number of rotatable bonds is 15. The minimum atomic E-state index is -3.94. The number of nitrogens with one attached hydrogen (secondary N) is 2. The van der Waals surface area contributed by atoms with Crippen molar-refractivity contribution >= 4 is 54.5 Å². The Morgan fingerprint density at radius 1 is 0.755 bits per heavy atom. The zero-order chi connectivity index (χ0) is 35.9. The molecule has 1 amide bonds. The number of ether oxygens (including phenoxy) is 2. The summed E-state index contributed by atoms with van der Waals surface area (Å²) in [5.74, 6) is -1.38. The lowest BCUT2D eigenvalue weighted by atomic mass is 9.86. The number of ketones is 1. The van der Waals surface area contributed by atoms with Crippen molar-refractivity contribution in [1.82, 2.24) is 0 Å². The van der Waals surface area contributed by atoms with Crippen molar-refractivity contribution in [3.8, 4) is 11.5 Å². The van der Waals surface area contributed by atoms with Gasteiger partial charge in [0.2, 0.25) is 25.6 Å². The maximum atomic E-state index is 13.6. The summed E-state index contributed by atoms with van der Waals surface area (Å²) in [6.07, 6.45) is 1.19. The van der Waals surface area contributed by atoms with Gasteiger partial charge in [0.25, 0.3) is 5.91 Å². The molecule has 13 heteroatoms. The molecule has 0 saturated heterocycles. The second-order valence-electron chi connectivity index (χ2n) is 12.3. The molecule has 49 heavy (non-hydrogen) atoms. The number of hydrogen-bond donors (Lipinski definition) is 2. The largest absolute Gasteiger partial charge is 0.489 e. The van der Waals surface area contributed by atoms with Crippen LogP contribution in [0.25, 0.3) is 0 Å². The van der Waals surface area contributed by atoms with Crippen molar-refractivity contribution in [2.24, 2.45) is 5.41 Å². The fourth-order valence-electron chi connectivity index (χ4n) is 4.56. The van der Waals surface area contributed by atoms with Gasteiger partial charge in [0.1, 0.15) is 18.1 Å². The summed E-state index contributed by atoms with van der Waals surface area (Å²) in [4.78, 5) is 27.1. The molecule has 0 fully saturated rings. The number of sulfone groups is 1. The molecule has 0 aliphatic rings. The number of carbonyl (C=O) groups is 2. The molecule has 1 unspecified atom stereocenters.